The van der Waals surface area contributed by atoms with Gasteiger partial charge in [-0.15, -0.1) is 0 Å². The summed E-state index contributed by atoms with van der Waals surface area (Å²) < 4.78 is 5.39. The van der Waals surface area contributed by atoms with Crippen LogP contribution in [0.15, 0.2) is 48.5 Å². The molecule has 0 heterocycles. The average Bonchev–Trinajstić information content (AvgIpc) is 2.44. The van der Waals surface area contributed by atoms with Gasteiger partial charge in [0.25, 0.3) is 5.91 Å². The molecule has 4 heteroatoms. The number of rotatable bonds is 4. The molecule has 2 aromatic rings. The van der Waals surface area contributed by atoms with Crippen molar-refractivity contribution in [3.63, 3.8) is 0 Å². The lowest BCUT2D eigenvalue weighted by Crippen LogP contribution is -2.11. The number of nitrogens with two attached hydrogens (primary N) is 1. The lowest BCUT2D eigenvalue weighted by Gasteiger charge is -2.10. The van der Waals surface area contributed by atoms with Crippen molar-refractivity contribution in [2.45, 2.75) is 6.92 Å². The molecule has 98 valence electrons. The lowest BCUT2D eigenvalue weighted by atomic mass is 10.2. The average molecular weight is 256 g/mol. The maximum Gasteiger partial charge on any atom is 0.255 e. The zero-order valence-corrected chi connectivity index (χ0v) is 10.7. The standard InChI is InChI=1S/C15H16N2O2/c1-2-19-14-10-12(8-9-13(14)16)17-15(18)11-6-4-3-5-7-11/h3-10H,2,16H2,1H3,(H,17,18). The van der Waals surface area contributed by atoms with Crippen LogP contribution in [0.25, 0.3) is 0 Å². The number of benzene rings is 2. The Kier molecular flexibility index (Phi) is 4.03. The van der Waals surface area contributed by atoms with Crippen LogP contribution in [-0.2, 0) is 0 Å². The second kappa shape index (κ2) is 5.91. The molecule has 0 saturated heterocycles. The highest BCUT2D eigenvalue weighted by atomic mass is 16.5. The molecular formula is C15H16N2O2. The predicted molar refractivity (Wildman–Crippen MR) is 76.4 cm³/mol. The van der Waals surface area contributed by atoms with Gasteiger partial charge in [-0.05, 0) is 31.2 Å². The smallest absolute Gasteiger partial charge is 0.255 e. The Morgan fingerprint density at radius 3 is 2.63 bits per heavy atom. The van der Waals surface area contributed by atoms with Crippen molar-refractivity contribution in [1.29, 1.82) is 0 Å². The third-order valence-corrected chi connectivity index (χ3v) is 2.61. The first-order valence-electron chi connectivity index (χ1n) is 6.09. The van der Waals surface area contributed by atoms with E-state index in [2.05, 4.69) is 5.32 Å². The van der Waals surface area contributed by atoms with Crippen molar-refractivity contribution in [2.24, 2.45) is 0 Å². The number of nitrogen functional groups attached to an aromatic ring is 1. The van der Waals surface area contributed by atoms with Crippen LogP contribution in [0.4, 0.5) is 11.4 Å². The topological polar surface area (TPSA) is 64.3 Å². The fraction of sp³-hybridized carbons (Fsp3) is 0.133. The Labute approximate surface area is 112 Å². The largest absolute Gasteiger partial charge is 0.492 e. The molecule has 0 radical (unpaired) electrons. The van der Waals surface area contributed by atoms with Crippen molar-refractivity contribution in [2.75, 3.05) is 17.7 Å². The summed E-state index contributed by atoms with van der Waals surface area (Å²) in [7, 11) is 0. The summed E-state index contributed by atoms with van der Waals surface area (Å²) in [4.78, 5) is 12.0. The highest BCUT2D eigenvalue weighted by molar-refractivity contribution is 6.04. The van der Waals surface area contributed by atoms with Crippen LogP contribution in [0, 0.1) is 0 Å². The maximum atomic E-state index is 12.0. The number of anilines is 2. The normalized spacial score (nSPS) is 9.95. The number of ether oxygens (including phenoxy) is 1. The number of carbonyl (C=O) groups is 1. The Hall–Kier alpha value is -2.49. The number of nitrogens with one attached hydrogen (secondary N) is 1. The number of hydrogen-bond acceptors (Lipinski definition) is 3. The van der Waals surface area contributed by atoms with Gasteiger partial charge in [-0.2, -0.15) is 0 Å². The van der Waals surface area contributed by atoms with E-state index in [0.717, 1.165) is 0 Å². The number of carbonyl (C=O) groups excluding carboxylic acids is 1. The van der Waals surface area contributed by atoms with Gasteiger partial charge in [0.1, 0.15) is 5.75 Å². The minimum atomic E-state index is -0.159. The predicted octanol–water partition coefficient (Wildman–Crippen LogP) is 2.92. The van der Waals surface area contributed by atoms with Crippen LogP contribution in [0.1, 0.15) is 17.3 Å². The third kappa shape index (κ3) is 3.25. The van der Waals surface area contributed by atoms with Crippen molar-refractivity contribution in [3.05, 3.63) is 54.1 Å². The van der Waals surface area contributed by atoms with E-state index in [0.29, 0.717) is 29.3 Å². The van der Waals surface area contributed by atoms with Crippen LogP contribution < -0.4 is 15.8 Å². The van der Waals surface area contributed by atoms with E-state index in [9.17, 15) is 4.79 Å². The number of amides is 1. The molecule has 1 amide bonds. The summed E-state index contributed by atoms with van der Waals surface area (Å²) in [5, 5.41) is 2.81. The first-order chi connectivity index (χ1) is 9.20. The molecule has 0 bridgehead atoms. The first kappa shape index (κ1) is 13.0. The fourth-order valence-corrected chi connectivity index (χ4v) is 1.69. The Morgan fingerprint density at radius 2 is 1.95 bits per heavy atom. The van der Waals surface area contributed by atoms with E-state index in [4.69, 9.17) is 10.5 Å². The summed E-state index contributed by atoms with van der Waals surface area (Å²) in [5.41, 5.74) is 7.60. The molecule has 0 fully saturated rings. The minimum Gasteiger partial charge on any atom is -0.492 e. The van der Waals surface area contributed by atoms with E-state index >= 15 is 0 Å². The van der Waals surface area contributed by atoms with Crippen molar-refractivity contribution >= 4 is 17.3 Å². The van der Waals surface area contributed by atoms with Gasteiger partial charge >= 0.3 is 0 Å². The summed E-state index contributed by atoms with van der Waals surface area (Å²) >= 11 is 0. The molecule has 0 saturated carbocycles. The Balaban J connectivity index is 2.15. The van der Waals surface area contributed by atoms with E-state index in [-0.39, 0.29) is 5.91 Å². The van der Waals surface area contributed by atoms with Crippen LogP contribution >= 0.6 is 0 Å². The van der Waals surface area contributed by atoms with Crippen LogP contribution in [0.3, 0.4) is 0 Å². The molecule has 19 heavy (non-hydrogen) atoms. The molecule has 3 N–H and O–H groups in total. The van der Waals surface area contributed by atoms with E-state index < -0.39 is 0 Å². The Bertz CT molecular complexity index is 568. The molecule has 0 spiro atoms. The van der Waals surface area contributed by atoms with Gasteiger partial charge in [0.2, 0.25) is 0 Å². The summed E-state index contributed by atoms with van der Waals surface area (Å²) in [6.45, 7) is 2.41. The Morgan fingerprint density at radius 1 is 1.21 bits per heavy atom. The van der Waals surface area contributed by atoms with E-state index in [1.54, 1.807) is 30.3 Å². The molecule has 0 aliphatic rings. The highest BCUT2D eigenvalue weighted by Gasteiger charge is 2.07. The lowest BCUT2D eigenvalue weighted by molar-refractivity contribution is 0.102. The fourth-order valence-electron chi connectivity index (χ4n) is 1.69. The number of hydrogen-bond donors (Lipinski definition) is 2. The zero-order chi connectivity index (χ0) is 13.7. The summed E-state index contributed by atoms with van der Waals surface area (Å²) in [5.74, 6) is 0.418. The van der Waals surface area contributed by atoms with Crippen molar-refractivity contribution < 1.29 is 9.53 Å². The van der Waals surface area contributed by atoms with Crippen molar-refractivity contribution in [1.82, 2.24) is 0 Å². The molecular weight excluding hydrogens is 240 g/mol. The maximum absolute atomic E-state index is 12.0. The van der Waals surface area contributed by atoms with Gasteiger partial charge in [0.05, 0.1) is 12.3 Å². The summed E-state index contributed by atoms with van der Waals surface area (Å²) in [6, 6.07) is 14.2. The second-order valence-electron chi connectivity index (χ2n) is 4.01. The molecule has 0 aliphatic heterocycles. The molecule has 4 nitrogen and oxygen atoms in total. The second-order valence-corrected chi connectivity index (χ2v) is 4.01. The van der Waals surface area contributed by atoms with Gasteiger partial charge < -0.3 is 15.8 Å². The SMILES string of the molecule is CCOc1cc(NC(=O)c2ccccc2)ccc1N. The van der Waals surface area contributed by atoms with Gasteiger partial charge in [0, 0.05) is 17.3 Å². The van der Waals surface area contributed by atoms with Gasteiger partial charge in [-0.3, -0.25) is 4.79 Å². The quantitative estimate of drug-likeness (QED) is 0.827. The zero-order valence-electron chi connectivity index (χ0n) is 10.7. The molecule has 2 aromatic carbocycles. The van der Waals surface area contributed by atoms with Crippen LogP contribution in [0.5, 0.6) is 5.75 Å². The van der Waals surface area contributed by atoms with Crippen LogP contribution in [0.2, 0.25) is 0 Å². The third-order valence-electron chi connectivity index (χ3n) is 2.61. The monoisotopic (exact) mass is 256 g/mol. The first-order valence-corrected chi connectivity index (χ1v) is 6.09. The van der Waals surface area contributed by atoms with Gasteiger partial charge in [-0.1, -0.05) is 18.2 Å². The highest BCUT2D eigenvalue weighted by Crippen LogP contribution is 2.25. The molecule has 0 aliphatic carbocycles. The van der Waals surface area contributed by atoms with Crippen LogP contribution in [-0.4, -0.2) is 12.5 Å². The molecule has 2 rings (SSSR count). The summed E-state index contributed by atoms with van der Waals surface area (Å²) in [6.07, 6.45) is 0. The van der Waals surface area contributed by atoms with Gasteiger partial charge in [0.15, 0.2) is 0 Å². The van der Waals surface area contributed by atoms with Gasteiger partial charge in [-0.25, -0.2) is 0 Å². The minimum absolute atomic E-state index is 0.159. The molecule has 0 atom stereocenters. The van der Waals surface area contributed by atoms with Crippen molar-refractivity contribution in [3.8, 4) is 5.75 Å². The molecule has 0 unspecified atom stereocenters. The van der Waals surface area contributed by atoms with E-state index in [1.807, 2.05) is 25.1 Å². The van der Waals surface area contributed by atoms with E-state index in [1.165, 1.54) is 0 Å². The molecule has 0 aromatic heterocycles.